The summed E-state index contributed by atoms with van der Waals surface area (Å²) in [6, 6.07) is 9.01. The lowest BCUT2D eigenvalue weighted by atomic mass is 10.1. The summed E-state index contributed by atoms with van der Waals surface area (Å²) in [4.78, 5) is 23.2. The van der Waals surface area contributed by atoms with Gasteiger partial charge < -0.3 is 0 Å². The number of carbonyl (C=O) groups is 1. The van der Waals surface area contributed by atoms with Gasteiger partial charge in [0.05, 0.1) is 6.54 Å². The van der Waals surface area contributed by atoms with Crippen molar-refractivity contribution in [3.05, 3.63) is 56.6 Å². The summed E-state index contributed by atoms with van der Waals surface area (Å²) in [5, 5.41) is 1.76. The predicted molar refractivity (Wildman–Crippen MR) is 64.1 cm³/mol. The second kappa shape index (κ2) is 4.45. The zero-order chi connectivity index (χ0) is 11.5. The van der Waals surface area contributed by atoms with Gasteiger partial charge in [-0.25, -0.2) is 0 Å². The minimum atomic E-state index is -0.0817. The number of aryl methyl sites for hydroxylation is 1. The summed E-state index contributed by atoms with van der Waals surface area (Å²) >= 11 is 1.12. The molecule has 0 aliphatic carbocycles. The summed E-state index contributed by atoms with van der Waals surface area (Å²) in [6.45, 7) is 1.95. The summed E-state index contributed by atoms with van der Waals surface area (Å²) < 4.78 is 1.50. The van der Waals surface area contributed by atoms with E-state index >= 15 is 0 Å². The van der Waals surface area contributed by atoms with Gasteiger partial charge >= 0.3 is 4.87 Å². The summed E-state index contributed by atoms with van der Waals surface area (Å²) in [6.07, 6.45) is 0. The number of thiazole rings is 1. The highest BCUT2D eigenvalue weighted by Gasteiger charge is 2.09. The van der Waals surface area contributed by atoms with Crippen LogP contribution in [0.3, 0.4) is 0 Å². The molecule has 0 atom stereocenters. The number of nitrogens with zero attached hydrogens (tertiary/aromatic N) is 1. The van der Waals surface area contributed by atoms with Crippen LogP contribution in [0.4, 0.5) is 0 Å². The zero-order valence-corrected chi connectivity index (χ0v) is 9.66. The molecule has 0 saturated carbocycles. The van der Waals surface area contributed by atoms with Crippen molar-refractivity contribution in [1.29, 1.82) is 0 Å². The molecule has 0 aliphatic heterocycles. The van der Waals surface area contributed by atoms with Crippen LogP contribution in [0.2, 0.25) is 0 Å². The largest absolute Gasteiger partial charge is 0.307 e. The normalized spacial score (nSPS) is 10.3. The molecule has 16 heavy (non-hydrogen) atoms. The Morgan fingerprint density at radius 3 is 2.56 bits per heavy atom. The fraction of sp³-hybridized carbons (Fsp3) is 0.167. The number of hydrogen-bond donors (Lipinski definition) is 0. The number of benzene rings is 1. The third-order valence-corrected chi connectivity index (χ3v) is 3.25. The van der Waals surface area contributed by atoms with Crippen LogP contribution in [0.15, 0.2) is 40.5 Å². The van der Waals surface area contributed by atoms with Crippen LogP contribution in [-0.2, 0) is 6.54 Å². The predicted octanol–water partition coefficient (Wildman–Crippen LogP) is 2.10. The Balaban J connectivity index is 2.24. The topological polar surface area (TPSA) is 39.1 Å². The molecular formula is C12H11NO2S. The van der Waals surface area contributed by atoms with Crippen LogP contribution in [-0.4, -0.2) is 10.4 Å². The summed E-state index contributed by atoms with van der Waals surface area (Å²) in [5.74, 6) is -0.0378. The first-order valence-electron chi connectivity index (χ1n) is 4.91. The van der Waals surface area contributed by atoms with Crippen molar-refractivity contribution in [2.24, 2.45) is 0 Å². The van der Waals surface area contributed by atoms with Gasteiger partial charge in [0.1, 0.15) is 0 Å². The first-order valence-corrected chi connectivity index (χ1v) is 5.79. The molecule has 0 amide bonds. The maximum atomic E-state index is 11.9. The average Bonchev–Trinajstić information content (AvgIpc) is 2.62. The molecule has 1 heterocycles. The van der Waals surface area contributed by atoms with Crippen LogP contribution < -0.4 is 4.87 Å². The molecule has 82 valence electrons. The lowest BCUT2D eigenvalue weighted by Gasteiger charge is -2.03. The molecule has 0 aliphatic rings. The molecular weight excluding hydrogens is 222 g/mol. The van der Waals surface area contributed by atoms with Gasteiger partial charge in [0.25, 0.3) is 0 Å². The molecule has 2 rings (SSSR count). The average molecular weight is 233 g/mol. The smallest absolute Gasteiger partial charge is 0.296 e. The van der Waals surface area contributed by atoms with E-state index in [1.54, 1.807) is 17.5 Å². The van der Waals surface area contributed by atoms with Crippen LogP contribution in [0.5, 0.6) is 0 Å². The van der Waals surface area contributed by atoms with E-state index in [-0.39, 0.29) is 17.2 Å². The maximum Gasteiger partial charge on any atom is 0.307 e. The molecule has 0 radical (unpaired) electrons. The van der Waals surface area contributed by atoms with Crippen molar-refractivity contribution in [1.82, 2.24) is 4.57 Å². The Hall–Kier alpha value is -1.68. The highest BCUT2D eigenvalue weighted by molar-refractivity contribution is 7.07. The monoisotopic (exact) mass is 233 g/mol. The van der Waals surface area contributed by atoms with Gasteiger partial charge in [-0.1, -0.05) is 41.7 Å². The molecule has 2 aromatic rings. The summed E-state index contributed by atoms with van der Waals surface area (Å²) in [5.41, 5.74) is 1.47. The Labute approximate surface area is 97.0 Å². The van der Waals surface area contributed by atoms with E-state index in [1.165, 1.54) is 4.57 Å². The van der Waals surface area contributed by atoms with Gasteiger partial charge in [-0.3, -0.25) is 14.2 Å². The molecule has 4 heteroatoms. The zero-order valence-electron chi connectivity index (χ0n) is 8.84. The third kappa shape index (κ3) is 2.12. The van der Waals surface area contributed by atoms with E-state index in [0.29, 0.717) is 5.56 Å². The maximum absolute atomic E-state index is 11.9. The van der Waals surface area contributed by atoms with Gasteiger partial charge in [-0.2, -0.15) is 0 Å². The Morgan fingerprint density at radius 1 is 1.31 bits per heavy atom. The van der Waals surface area contributed by atoms with E-state index in [2.05, 4.69) is 0 Å². The molecule has 0 unspecified atom stereocenters. The Morgan fingerprint density at radius 2 is 2.00 bits per heavy atom. The van der Waals surface area contributed by atoms with Gasteiger partial charge in [0, 0.05) is 16.6 Å². The van der Waals surface area contributed by atoms with E-state index in [0.717, 1.165) is 17.0 Å². The second-order valence-electron chi connectivity index (χ2n) is 3.52. The van der Waals surface area contributed by atoms with Gasteiger partial charge in [-0.15, -0.1) is 0 Å². The molecule has 1 aromatic carbocycles. The first-order chi connectivity index (χ1) is 7.68. The number of hydrogen-bond acceptors (Lipinski definition) is 3. The van der Waals surface area contributed by atoms with E-state index in [1.807, 2.05) is 25.1 Å². The molecule has 1 aromatic heterocycles. The summed E-state index contributed by atoms with van der Waals surface area (Å²) in [7, 11) is 0. The van der Waals surface area contributed by atoms with Crippen LogP contribution in [0.25, 0.3) is 0 Å². The van der Waals surface area contributed by atoms with Gasteiger partial charge in [0.2, 0.25) is 0 Å². The minimum absolute atomic E-state index is 0.0378. The standard InChI is InChI=1S/C12H11NO2S/c1-9-8-16-12(15)13(9)7-11(14)10-5-3-2-4-6-10/h2-6,8H,7H2,1H3. The van der Waals surface area contributed by atoms with Crippen LogP contribution >= 0.6 is 11.3 Å². The van der Waals surface area contributed by atoms with Gasteiger partial charge in [-0.05, 0) is 6.92 Å². The second-order valence-corrected chi connectivity index (χ2v) is 4.34. The van der Waals surface area contributed by atoms with Crippen molar-refractivity contribution in [2.75, 3.05) is 0 Å². The lowest BCUT2D eigenvalue weighted by Crippen LogP contribution is -2.20. The van der Waals surface area contributed by atoms with E-state index < -0.39 is 0 Å². The molecule has 0 N–H and O–H groups in total. The van der Waals surface area contributed by atoms with Crippen molar-refractivity contribution in [2.45, 2.75) is 13.5 Å². The number of carbonyl (C=O) groups excluding carboxylic acids is 1. The number of ketones is 1. The number of aromatic nitrogens is 1. The fourth-order valence-corrected chi connectivity index (χ4v) is 2.19. The molecule has 0 spiro atoms. The van der Waals surface area contributed by atoms with Gasteiger partial charge in [0.15, 0.2) is 5.78 Å². The van der Waals surface area contributed by atoms with E-state index in [4.69, 9.17) is 0 Å². The minimum Gasteiger partial charge on any atom is -0.296 e. The molecule has 0 fully saturated rings. The highest BCUT2D eigenvalue weighted by Crippen LogP contribution is 2.04. The van der Waals surface area contributed by atoms with Crippen LogP contribution in [0, 0.1) is 6.92 Å². The Kier molecular flexibility index (Phi) is 3.01. The van der Waals surface area contributed by atoms with Crippen molar-refractivity contribution < 1.29 is 4.79 Å². The van der Waals surface area contributed by atoms with Crippen molar-refractivity contribution in [3.8, 4) is 0 Å². The highest BCUT2D eigenvalue weighted by atomic mass is 32.1. The quantitative estimate of drug-likeness (QED) is 0.761. The molecule has 3 nitrogen and oxygen atoms in total. The number of Topliss-reactive ketones (excluding diaryl/α,β-unsaturated/α-hetero) is 1. The van der Waals surface area contributed by atoms with E-state index in [9.17, 15) is 9.59 Å². The van der Waals surface area contributed by atoms with Crippen LogP contribution in [0.1, 0.15) is 16.1 Å². The SMILES string of the molecule is Cc1csc(=O)n1CC(=O)c1ccccc1. The van der Waals surface area contributed by atoms with Crippen molar-refractivity contribution in [3.63, 3.8) is 0 Å². The molecule has 0 saturated heterocycles. The first kappa shape index (κ1) is 10.8. The molecule has 0 bridgehead atoms. The van der Waals surface area contributed by atoms with Crippen molar-refractivity contribution >= 4 is 17.1 Å². The fourth-order valence-electron chi connectivity index (χ4n) is 1.46. The third-order valence-electron chi connectivity index (χ3n) is 2.37. The Bertz CT molecular complexity index is 554. The lowest BCUT2D eigenvalue weighted by molar-refractivity contribution is 0.0970. The number of rotatable bonds is 3.